The first kappa shape index (κ1) is 15.7. The number of amides is 1. The summed E-state index contributed by atoms with van der Waals surface area (Å²) in [6.07, 6.45) is 0.545. The van der Waals surface area contributed by atoms with Crippen LogP contribution in [0.15, 0.2) is 12.3 Å². The van der Waals surface area contributed by atoms with Crippen molar-refractivity contribution < 1.29 is 23.5 Å². The molecule has 2 heterocycles. The topological polar surface area (TPSA) is 68.7 Å². The van der Waals surface area contributed by atoms with E-state index in [1.54, 1.807) is 0 Å². The van der Waals surface area contributed by atoms with Gasteiger partial charge in [-0.05, 0) is 6.07 Å². The number of carbonyl (C=O) groups excluding carboxylic acids is 2. The zero-order valence-corrected chi connectivity index (χ0v) is 12.1. The Labute approximate surface area is 125 Å². The largest absolute Gasteiger partial charge is 0.469 e. The predicted molar refractivity (Wildman–Crippen MR) is 71.5 cm³/mol. The maximum Gasteiger partial charge on any atom is 0.308 e. The van der Waals surface area contributed by atoms with Gasteiger partial charge in [-0.15, -0.1) is 0 Å². The SMILES string of the molecule is COC(=O)CC1CN(C(=O)c2cc(F)cnc2Cl)CCO1. The molecule has 1 aliphatic heterocycles. The van der Waals surface area contributed by atoms with Crippen LogP contribution in [0.25, 0.3) is 0 Å². The van der Waals surface area contributed by atoms with Gasteiger partial charge in [0.1, 0.15) is 11.0 Å². The summed E-state index contributed by atoms with van der Waals surface area (Å²) in [5.74, 6) is -1.49. The molecule has 21 heavy (non-hydrogen) atoms. The molecule has 1 saturated heterocycles. The maximum absolute atomic E-state index is 13.2. The van der Waals surface area contributed by atoms with Crippen LogP contribution in [0.3, 0.4) is 0 Å². The highest BCUT2D eigenvalue weighted by Crippen LogP contribution is 2.18. The van der Waals surface area contributed by atoms with Crippen molar-refractivity contribution in [3.8, 4) is 0 Å². The molecule has 1 aromatic heterocycles. The summed E-state index contributed by atoms with van der Waals surface area (Å²) in [6, 6.07) is 1.04. The Kier molecular flexibility index (Phi) is 5.08. The minimum absolute atomic E-state index is 0.00427. The van der Waals surface area contributed by atoms with Gasteiger partial charge in [-0.3, -0.25) is 9.59 Å². The molecule has 114 valence electrons. The van der Waals surface area contributed by atoms with E-state index in [0.717, 1.165) is 12.3 Å². The summed E-state index contributed by atoms with van der Waals surface area (Å²) in [6.45, 7) is 0.831. The number of carbonyl (C=O) groups is 2. The van der Waals surface area contributed by atoms with Gasteiger partial charge in [0.25, 0.3) is 5.91 Å². The number of esters is 1. The Morgan fingerprint density at radius 1 is 1.62 bits per heavy atom. The fraction of sp³-hybridized carbons (Fsp3) is 0.462. The lowest BCUT2D eigenvalue weighted by Crippen LogP contribution is -2.46. The molecule has 0 aromatic carbocycles. The Balaban J connectivity index is 2.08. The molecule has 6 nitrogen and oxygen atoms in total. The minimum Gasteiger partial charge on any atom is -0.469 e. The van der Waals surface area contributed by atoms with Gasteiger partial charge in [0, 0.05) is 13.1 Å². The van der Waals surface area contributed by atoms with Crippen LogP contribution in [0.2, 0.25) is 5.15 Å². The Morgan fingerprint density at radius 3 is 3.10 bits per heavy atom. The quantitative estimate of drug-likeness (QED) is 0.620. The molecule has 1 fully saturated rings. The number of hydrogen-bond acceptors (Lipinski definition) is 5. The lowest BCUT2D eigenvalue weighted by Gasteiger charge is -2.32. The smallest absolute Gasteiger partial charge is 0.308 e. The van der Waals surface area contributed by atoms with E-state index in [9.17, 15) is 14.0 Å². The Bertz CT molecular complexity index is 555. The highest BCUT2D eigenvalue weighted by molar-refractivity contribution is 6.32. The van der Waals surface area contributed by atoms with Gasteiger partial charge in [-0.25, -0.2) is 9.37 Å². The lowest BCUT2D eigenvalue weighted by atomic mass is 10.1. The van der Waals surface area contributed by atoms with Gasteiger partial charge >= 0.3 is 5.97 Å². The van der Waals surface area contributed by atoms with E-state index in [1.807, 2.05) is 0 Å². The number of halogens is 2. The zero-order chi connectivity index (χ0) is 15.4. The van der Waals surface area contributed by atoms with Crippen molar-refractivity contribution in [1.29, 1.82) is 0 Å². The van der Waals surface area contributed by atoms with Crippen molar-refractivity contribution >= 4 is 23.5 Å². The molecule has 0 saturated carbocycles. The van der Waals surface area contributed by atoms with E-state index >= 15 is 0 Å². The summed E-state index contributed by atoms with van der Waals surface area (Å²) in [7, 11) is 1.28. The van der Waals surface area contributed by atoms with Crippen molar-refractivity contribution in [2.24, 2.45) is 0 Å². The van der Waals surface area contributed by atoms with E-state index in [1.165, 1.54) is 12.0 Å². The van der Waals surface area contributed by atoms with Crippen LogP contribution < -0.4 is 0 Å². The van der Waals surface area contributed by atoms with Gasteiger partial charge in [0.15, 0.2) is 0 Å². The number of pyridine rings is 1. The molecular weight excluding hydrogens is 303 g/mol. The molecule has 1 amide bonds. The summed E-state index contributed by atoms with van der Waals surface area (Å²) in [5, 5.41) is -0.0580. The summed E-state index contributed by atoms with van der Waals surface area (Å²) < 4.78 is 23.2. The molecule has 0 radical (unpaired) electrons. The number of methoxy groups -OCH3 is 1. The number of aromatic nitrogens is 1. The molecule has 1 atom stereocenters. The second kappa shape index (κ2) is 6.82. The third-order valence-electron chi connectivity index (χ3n) is 3.08. The molecule has 0 spiro atoms. The molecule has 0 aliphatic carbocycles. The monoisotopic (exact) mass is 316 g/mol. The zero-order valence-electron chi connectivity index (χ0n) is 11.3. The molecule has 1 aromatic rings. The van der Waals surface area contributed by atoms with Crippen LogP contribution >= 0.6 is 11.6 Å². The normalized spacial score (nSPS) is 18.4. The number of ether oxygens (including phenoxy) is 2. The van der Waals surface area contributed by atoms with Crippen LogP contribution in [0.5, 0.6) is 0 Å². The first-order chi connectivity index (χ1) is 10.0. The molecule has 0 N–H and O–H groups in total. The van der Waals surface area contributed by atoms with Crippen LogP contribution in [0.4, 0.5) is 4.39 Å². The van der Waals surface area contributed by atoms with Crippen molar-refractivity contribution in [2.75, 3.05) is 26.8 Å². The standard InChI is InChI=1S/C13H14ClFN2O4/c1-20-11(18)5-9-7-17(2-3-21-9)13(19)10-4-8(15)6-16-12(10)14/h4,6,9H,2-3,5,7H2,1H3. The first-order valence-electron chi connectivity index (χ1n) is 6.30. The van der Waals surface area contributed by atoms with Gasteiger partial charge in [0.05, 0.1) is 38.0 Å². The van der Waals surface area contributed by atoms with Crippen molar-refractivity contribution in [3.05, 3.63) is 28.8 Å². The maximum atomic E-state index is 13.2. The van der Waals surface area contributed by atoms with Crippen LogP contribution in [0.1, 0.15) is 16.8 Å². The fourth-order valence-corrected chi connectivity index (χ4v) is 2.22. The molecule has 1 unspecified atom stereocenters. The molecule has 2 rings (SSSR count). The number of nitrogens with zero attached hydrogens (tertiary/aromatic N) is 2. The molecular formula is C13H14ClFN2O4. The number of hydrogen-bond donors (Lipinski definition) is 0. The van der Waals surface area contributed by atoms with Gasteiger partial charge in [-0.1, -0.05) is 11.6 Å². The predicted octanol–water partition coefficient (Wildman–Crippen LogP) is 1.28. The number of rotatable bonds is 3. The fourth-order valence-electron chi connectivity index (χ4n) is 2.04. The average Bonchev–Trinajstić information content (AvgIpc) is 2.49. The third kappa shape index (κ3) is 3.89. The summed E-state index contributed by atoms with van der Waals surface area (Å²) in [4.78, 5) is 28.6. The first-order valence-corrected chi connectivity index (χ1v) is 6.67. The van der Waals surface area contributed by atoms with E-state index in [4.69, 9.17) is 16.3 Å². The third-order valence-corrected chi connectivity index (χ3v) is 3.39. The Hall–Kier alpha value is -1.73. The second-order valence-electron chi connectivity index (χ2n) is 4.52. The van der Waals surface area contributed by atoms with Crippen LogP contribution in [-0.4, -0.2) is 54.7 Å². The summed E-state index contributed by atoms with van der Waals surface area (Å²) in [5.41, 5.74) is -0.00427. The van der Waals surface area contributed by atoms with Gasteiger partial charge in [0.2, 0.25) is 0 Å². The lowest BCUT2D eigenvalue weighted by molar-refractivity contribution is -0.145. The molecule has 8 heteroatoms. The molecule has 0 bridgehead atoms. The summed E-state index contributed by atoms with van der Waals surface area (Å²) >= 11 is 5.82. The Morgan fingerprint density at radius 2 is 2.38 bits per heavy atom. The van der Waals surface area contributed by atoms with Crippen molar-refractivity contribution in [3.63, 3.8) is 0 Å². The van der Waals surface area contributed by atoms with Crippen LogP contribution in [-0.2, 0) is 14.3 Å². The van der Waals surface area contributed by atoms with E-state index in [-0.39, 0.29) is 30.3 Å². The van der Waals surface area contributed by atoms with Crippen molar-refractivity contribution in [2.45, 2.75) is 12.5 Å². The average molecular weight is 317 g/mol. The van der Waals surface area contributed by atoms with E-state index < -0.39 is 23.8 Å². The minimum atomic E-state index is -0.637. The highest BCUT2D eigenvalue weighted by Gasteiger charge is 2.28. The van der Waals surface area contributed by atoms with Gasteiger partial charge in [-0.2, -0.15) is 0 Å². The van der Waals surface area contributed by atoms with Gasteiger partial charge < -0.3 is 14.4 Å². The second-order valence-corrected chi connectivity index (χ2v) is 4.87. The molecule has 1 aliphatic rings. The van der Waals surface area contributed by atoms with Crippen LogP contribution in [0, 0.1) is 5.82 Å². The highest BCUT2D eigenvalue weighted by atomic mass is 35.5. The van der Waals surface area contributed by atoms with E-state index in [2.05, 4.69) is 9.72 Å². The van der Waals surface area contributed by atoms with Crippen molar-refractivity contribution in [1.82, 2.24) is 9.88 Å². The van der Waals surface area contributed by atoms with E-state index in [0.29, 0.717) is 6.54 Å². The number of morpholine rings is 1.